The van der Waals surface area contributed by atoms with Gasteiger partial charge in [0.1, 0.15) is 4.88 Å². The highest BCUT2D eigenvalue weighted by atomic mass is 79.9. The SMILES string of the molecule is COCC(CCO)NC(=O)c1sc2cc(Br)ccc2c1N. The highest BCUT2D eigenvalue weighted by Crippen LogP contribution is 2.35. The lowest BCUT2D eigenvalue weighted by molar-refractivity contribution is 0.0883. The molecule has 0 spiro atoms. The summed E-state index contributed by atoms with van der Waals surface area (Å²) < 4.78 is 6.94. The second kappa shape index (κ2) is 7.22. The van der Waals surface area contributed by atoms with Gasteiger partial charge in [-0.1, -0.05) is 22.0 Å². The number of benzene rings is 1. The van der Waals surface area contributed by atoms with Crippen LogP contribution in [0.4, 0.5) is 5.69 Å². The standard InChI is InChI=1S/C14H17BrN2O3S/c1-20-7-9(4-5-18)17-14(19)13-12(16)10-3-2-8(15)6-11(10)21-13/h2-3,6,9,18H,4-5,7,16H2,1H3,(H,17,19). The number of aliphatic hydroxyl groups excluding tert-OH is 1. The monoisotopic (exact) mass is 372 g/mol. The van der Waals surface area contributed by atoms with E-state index in [2.05, 4.69) is 21.2 Å². The number of methoxy groups -OCH3 is 1. The van der Waals surface area contributed by atoms with Crippen LogP contribution in [-0.2, 0) is 4.74 Å². The third kappa shape index (κ3) is 3.74. The van der Waals surface area contributed by atoms with Crippen molar-refractivity contribution < 1.29 is 14.6 Å². The van der Waals surface area contributed by atoms with Crippen molar-refractivity contribution in [3.05, 3.63) is 27.5 Å². The molecule has 21 heavy (non-hydrogen) atoms. The number of halogens is 1. The molecule has 0 saturated carbocycles. The number of nitrogens with one attached hydrogen (secondary N) is 1. The molecule has 2 rings (SSSR count). The Morgan fingerprint density at radius 3 is 3.00 bits per heavy atom. The molecule has 0 saturated heterocycles. The Morgan fingerprint density at radius 1 is 1.57 bits per heavy atom. The zero-order chi connectivity index (χ0) is 15.4. The lowest BCUT2D eigenvalue weighted by atomic mass is 10.2. The average Bonchev–Trinajstić information content (AvgIpc) is 2.76. The van der Waals surface area contributed by atoms with Crippen LogP contribution >= 0.6 is 27.3 Å². The Labute approximate surface area is 135 Å². The number of thiophene rings is 1. The molecule has 0 aliphatic carbocycles. The topological polar surface area (TPSA) is 84.6 Å². The van der Waals surface area contributed by atoms with E-state index in [0.717, 1.165) is 14.6 Å². The highest BCUT2D eigenvalue weighted by molar-refractivity contribution is 9.10. The van der Waals surface area contributed by atoms with Gasteiger partial charge >= 0.3 is 0 Å². The number of nitrogens with two attached hydrogens (primary N) is 1. The predicted molar refractivity (Wildman–Crippen MR) is 88.8 cm³/mol. The maximum absolute atomic E-state index is 12.4. The fraction of sp³-hybridized carbons (Fsp3) is 0.357. The van der Waals surface area contributed by atoms with Crippen LogP contribution in [0.15, 0.2) is 22.7 Å². The molecule has 1 unspecified atom stereocenters. The molecule has 1 amide bonds. The lowest BCUT2D eigenvalue weighted by Crippen LogP contribution is -2.38. The zero-order valence-electron chi connectivity index (χ0n) is 11.6. The minimum atomic E-state index is -0.236. The van der Waals surface area contributed by atoms with Crippen molar-refractivity contribution in [1.82, 2.24) is 5.32 Å². The molecule has 2 aromatic rings. The summed E-state index contributed by atoms with van der Waals surface area (Å²) >= 11 is 4.76. The number of anilines is 1. The van der Waals surface area contributed by atoms with Crippen molar-refractivity contribution in [2.45, 2.75) is 12.5 Å². The average molecular weight is 373 g/mol. The van der Waals surface area contributed by atoms with Gasteiger partial charge in [-0.25, -0.2) is 0 Å². The number of hydrogen-bond acceptors (Lipinski definition) is 5. The van der Waals surface area contributed by atoms with Gasteiger partial charge in [-0.3, -0.25) is 4.79 Å². The molecule has 1 aromatic carbocycles. The van der Waals surface area contributed by atoms with E-state index in [1.807, 2.05) is 18.2 Å². The van der Waals surface area contributed by atoms with Crippen molar-refractivity contribution in [3.63, 3.8) is 0 Å². The van der Waals surface area contributed by atoms with Gasteiger partial charge < -0.3 is 20.9 Å². The molecular weight excluding hydrogens is 356 g/mol. The van der Waals surface area contributed by atoms with E-state index >= 15 is 0 Å². The number of rotatable bonds is 6. The van der Waals surface area contributed by atoms with Gasteiger partial charge in [-0.15, -0.1) is 11.3 Å². The summed E-state index contributed by atoms with van der Waals surface area (Å²) in [6, 6.07) is 5.49. The molecule has 0 bridgehead atoms. The normalized spacial score (nSPS) is 12.5. The van der Waals surface area contributed by atoms with Crippen molar-refractivity contribution in [1.29, 1.82) is 0 Å². The van der Waals surface area contributed by atoms with Gasteiger partial charge in [0.05, 0.1) is 18.3 Å². The van der Waals surface area contributed by atoms with Gasteiger partial charge in [0.15, 0.2) is 0 Å². The molecule has 7 heteroatoms. The summed E-state index contributed by atoms with van der Waals surface area (Å²) in [5, 5.41) is 12.7. The van der Waals surface area contributed by atoms with Crippen molar-refractivity contribution >= 4 is 48.9 Å². The molecular formula is C14H17BrN2O3S. The molecule has 0 radical (unpaired) electrons. The predicted octanol–water partition coefficient (Wildman–Crippen LogP) is 2.37. The fourth-order valence-electron chi connectivity index (χ4n) is 2.06. The number of carbonyl (C=O) groups is 1. The van der Waals surface area contributed by atoms with Gasteiger partial charge in [0.2, 0.25) is 0 Å². The summed E-state index contributed by atoms with van der Waals surface area (Å²) in [6.07, 6.45) is 0.440. The van der Waals surface area contributed by atoms with Crippen LogP contribution in [0.25, 0.3) is 10.1 Å². The number of carbonyl (C=O) groups excluding carboxylic acids is 1. The second-order valence-corrected chi connectivity index (χ2v) is 6.59. The first kappa shape index (κ1) is 16.2. The van der Waals surface area contributed by atoms with Crippen LogP contribution in [0.5, 0.6) is 0 Å². The maximum Gasteiger partial charge on any atom is 0.263 e. The van der Waals surface area contributed by atoms with Gasteiger partial charge in [0, 0.05) is 28.3 Å². The molecule has 0 aliphatic rings. The third-order valence-electron chi connectivity index (χ3n) is 3.08. The number of ether oxygens (including phenoxy) is 1. The lowest BCUT2D eigenvalue weighted by Gasteiger charge is -2.16. The van der Waals surface area contributed by atoms with E-state index in [0.29, 0.717) is 23.6 Å². The number of hydrogen-bond donors (Lipinski definition) is 3. The van der Waals surface area contributed by atoms with Crippen LogP contribution in [0, 0.1) is 0 Å². The first-order valence-electron chi connectivity index (χ1n) is 6.45. The van der Waals surface area contributed by atoms with Crippen LogP contribution in [0.3, 0.4) is 0 Å². The number of aliphatic hydroxyl groups is 1. The van der Waals surface area contributed by atoms with Crippen molar-refractivity contribution in [2.75, 3.05) is 26.1 Å². The van der Waals surface area contributed by atoms with E-state index in [1.165, 1.54) is 11.3 Å². The third-order valence-corrected chi connectivity index (χ3v) is 4.74. The van der Waals surface area contributed by atoms with Crippen LogP contribution < -0.4 is 11.1 Å². The van der Waals surface area contributed by atoms with Crippen LogP contribution in [0.2, 0.25) is 0 Å². The highest BCUT2D eigenvalue weighted by Gasteiger charge is 2.19. The largest absolute Gasteiger partial charge is 0.397 e. The molecule has 114 valence electrons. The van der Waals surface area contributed by atoms with E-state index in [1.54, 1.807) is 7.11 Å². The Hall–Kier alpha value is -1.15. The molecule has 1 atom stereocenters. The first-order chi connectivity index (χ1) is 10.1. The summed E-state index contributed by atoms with van der Waals surface area (Å²) in [5.41, 5.74) is 6.55. The summed E-state index contributed by atoms with van der Waals surface area (Å²) in [7, 11) is 1.56. The Balaban J connectivity index is 2.24. The van der Waals surface area contributed by atoms with Gasteiger partial charge in [-0.2, -0.15) is 0 Å². The smallest absolute Gasteiger partial charge is 0.263 e. The minimum absolute atomic E-state index is 0.0108. The summed E-state index contributed by atoms with van der Waals surface area (Å²) in [4.78, 5) is 12.8. The molecule has 1 aromatic heterocycles. The summed E-state index contributed by atoms with van der Waals surface area (Å²) in [6.45, 7) is 0.339. The Morgan fingerprint density at radius 2 is 2.33 bits per heavy atom. The molecule has 0 aliphatic heterocycles. The number of nitrogen functional groups attached to an aromatic ring is 1. The van der Waals surface area contributed by atoms with Crippen molar-refractivity contribution in [2.24, 2.45) is 0 Å². The summed E-state index contributed by atoms with van der Waals surface area (Å²) in [5.74, 6) is -0.236. The number of amides is 1. The quantitative estimate of drug-likeness (QED) is 0.726. The number of fused-ring (bicyclic) bond motifs is 1. The van der Waals surface area contributed by atoms with Crippen LogP contribution in [0.1, 0.15) is 16.1 Å². The van der Waals surface area contributed by atoms with E-state index in [-0.39, 0.29) is 18.6 Å². The molecule has 1 heterocycles. The Bertz CT molecular complexity index is 638. The van der Waals surface area contributed by atoms with Gasteiger partial charge in [-0.05, 0) is 18.6 Å². The zero-order valence-corrected chi connectivity index (χ0v) is 14.0. The minimum Gasteiger partial charge on any atom is -0.397 e. The molecule has 0 fully saturated rings. The van der Waals surface area contributed by atoms with Gasteiger partial charge in [0.25, 0.3) is 5.91 Å². The molecule has 5 nitrogen and oxygen atoms in total. The van der Waals surface area contributed by atoms with Crippen molar-refractivity contribution in [3.8, 4) is 0 Å². The molecule has 4 N–H and O–H groups in total. The van der Waals surface area contributed by atoms with E-state index in [4.69, 9.17) is 15.6 Å². The second-order valence-electron chi connectivity index (χ2n) is 4.62. The fourth-order valence-corrected chi connectivity index (χ4v) is 3.64. The van der Waals surface area contributed by atoms with E-state index in [9.17, 15) is 4.79 Å². The van der Waals surface area contributed by atoms with E-state index < -0.39 is 0 Å². The Kier molecular flexibility index (Phi) is 5.58. The first-order valence-corrected chi connectivity index (χ1v) is 8.06. The van der Waals surface area contributed by atoms with Crippen LogP contribution in [-0.4, -0.2) is 37.4 Å². The maximum atomic E-state index is 12.4.